The van der Waals surface area contributed by atoms with Crippen LogP contribution in [0.4, 0.5) is 5.13 Å². The van der Waals surface area contributed by atoms with Crippen molar-refractivity contribution in [3.63, 3.8) is 0 Å². The molecule has 0 fully saturated rings. The van der Waals surface area contributed by atoms with Crippen molar-refractivity contribution in [3.05, 3.63) is 23.6 Å². The summed E-state index contributed by atoms with van der Waals surface area (Å²) >= 11 is 1.56. The smallest absolute Gasteiger partial charge is 0.183 e. The Labute approximate surface area is 97.8 Å². The molecule has 16 heavy (non-hydrogen) atoms. The normalized spacial score (nSPS) is 12.4. The highest BCUT2D eigenvalue weighted by atomic mass is 32.1. The van der Waals surface area contributed by atoms with E-state index in [9.17, 15) is 0 Å². The number of hydrogen-bond acceptors (Lipinski definition) is 6. The van der Waals surface area contributed by atoms with E-state index < -0.39 is 0 Å². The summed E-state index contributed by atoms with van der Waals surface area (Å²) < 4.78 is 0. The van der Waals surface area contributed by atoms with E-state index in [4.69, 9.17) is 5.73 Å². The molecule has 0 aliphatic heterocycles. The van der Waals surface area contributed by atoms with Crippen LogP contribution in [0.3, 0.4) is 0 Å². The van der Waals surface area contributed by atoms with Crippen LogP contribution >= 0.6 is 11.3 Å². The average Bonchev–Trinajstić information content (AvgIpc) is 2.74. The molecule has 0 aromatic carbocycles. The van der Waals surface area contributed by atoms with Crippen molar-refractivity contribution in [2.45, 2.75) is 13.0 Å². The topological polar surface area (TPSA) is 76.7 Å². The minimum atomic E-state index is -0.0465. The second kappa shape index (κ2) is 4.54. The Hall–Kier alpha value is -1.53. The molecule has 2 aromatic heterocycles. The summed E-state index contributed by atoms with van der Waals surface area (Å²) in [5, 5.41) is 3.88. The number of hydrogen-bond donors (Lipinski definition) is 2. The summed E-state index contributed by atoms with van der Waals surface area (Å²) in [5.74, 6) is 0. The second-order valence-electron chi connectivity index (χ2n) is 3.40. The minimum Gasteiger partial charge on any atom is -0.365 e. The van der Waals surface area contributed by atoms with E-state index in [2.05, 4.69) is 20.3 Å². The number of nitrogens with two attached hydrogens (primary N) is 1. The third-order valence-corrected chi connectivity index (χ3v) is 3.39. The summed E-state index contributed by atoms with van der Waals surface area (Å²) in [6.07, 6.45) is 4.99. The largest absolute Gasteiger partial charge is 0.365 e. The monoisotopic (exact) mass is 235 g/mol. The van der Waals surface area contributed by atoms with Gasteiger partial charge in [-0.3, -0.25) is 0 Å². The van der Waals surface area contributed by atoms with Crippen LogP contribution in [0.1, 0.15) is 17.8 Å². The van der Waals surface area contributed by atoms with Crippen molar-refractivity contribution in [2.24, 2.45) is 5.73 Å². The fourth-order valence-corrected chi connectivity index (χ4v) is 2.27. The van der Waals surface area contributed by atoms with Crippen LogP contribution in [0.25, 0.3) is 11.3 Å². The molecule has 2 aromatic rings. The molecule has 0 amide bonds. The molecule has 6 heteroatoms. The Balaban J connectivity index is 2.51. The Bertz CT molecular complexity index is 465. The maximum Gasteiger partial charge on any atom is 0.183 e. The zero-order chi connectivity index (χ0) is 11.5. The van der Waals surface area contributed by atoms with Crippen molar-refractivity contribution in [1.82, 2.24) is 15.0 Å². The van der Waals surface area contributed by atoms with E-state index >= 15 is 0 Å². The molecule has 1 atom stereocenters. The van der Waals surface area contributed by atoms with Gasteiger partial charge < -0.3 is 11.1 Å². The lowest BCUT2D eigenvalue weighted by Gasteiger charge is -2.03. The Morgan fingerprint density at radius 2 is 2.06 bits per heavy atom. The Morgan fingerprint density at radius 3 is 2.62 bits per heavy atom. The standard InChI is InChI=1S/C10H13N5S/c1-6(11)9-8(15-10(12-2)16-9)7-3-13-5-14-4-7/h3-6H,11H2,1-2H3,(H,12,15). The fraction of sp³-hybridized carbons (Fsp3) is 0.300. The minimum absolute atomic E-state index is 0.0465. The van der Waals surface area contributed by atoms with Crippen molar-refractivity contribution < 1.29 is 0 Å². The summed E-state index contributed by atoms with van der Waals surface area (Å²) in [5.41, 5.74) is 7.68. The Kier molecular flexibility index (Phi) is 3.12. The van der Waals surface area contributed by atoms with Crippen LogP contribution < -0.4 is 11.1 Å². The zero-order valence-corrected chi connectivity index (χ0v) is 9.95. The molecular weight excluding hydrogens is 222 g/mol. The first-order chi connectivity index (χ1) is 7.72. The van der Waals surface area contributed by atoms with Crippen molar-refractivity contribution >= 4 is 16.5 Å². The third kappa shape index (κ3) is 2.02. The van der Waals surface area contributed by atoms with Gasteiger partial charge in [-0.25, -0.2) is 15.0 Å². The van der Waals surface area contributed by atoms with Gasteiger partial charge in [-0.15, -0.1) is 0 Å². The molecule has 5 nitrogen and oxygen atoms in total. The molecular formula is C10H13N5S. The van der Waals surface area contributed by atoms with Gasteiger partial charge in [0.05, 0.1) is 10.6 Å². The van der Waals surface area contributed by atoms with E-state index in [0.717, 1.165) is 21.3 Å². The van der Waals surface area contributed by atoms with Crippen LogP contribution in [-0.4, -0.2) is 22.0 Å². The maximum absolute atomic E-state index is 5.92. The Morgan fingerprint density at radius 1 is 1.38 bits per heavy atom. The molecule has 2 rings (SSSR count). The molecule has 0 saturated carbocycles. The summed E-state index contributed by atoms with van der Waals surface area (Å²) in [6.45, 7) is 1.94. The number of thiazole rings is 1. The lowest BCUT2D eigenvalue weighted by Crippen LogP contribution is -2.04. The van der Waals surface area contributed by atoms with Crippen LogP contribution in [0.15, 0.2) is 18.7 Å². The number of rotatable bonds is 3. The zero-order valence-electron chi connectivity index (χ0n) is 9.14. The second-order valence-corrected chi connectivity index (χ2v) is 4.43. The van der Waals surface area contributed by atoms with E-state index in [1.807, 2.05) is 14.0 Å². The molecule has 0 aliphatic carbocycles. The highest BCUT2D eigenvalue weighted by molar-refractivity contribution is 7.16. The van der Waals surface area contributed by atoms with Gasteiger partial charge >= 0.3 is 0 Å². The van der Waals surface area contributed by atoms with E-state index in [-0.39, 0.29) is 6.04 Å². The number of nitrogens with one attached hydrogen (secondary N) is 1. The molecule has 84 valence electrons. The van der Waals surface area contributed by atoms with Crippen LogP contribution in [0, 0.1) is 0 Å². The van der Waals surface area contributed by atoms with Gasteiger partial charge in [0.2, 0.25) is 0 Å². The SMILES string of the molecule is CNc1nc(-c2cncnc2)c(C(C)N)s1. The summed E-state index contributed by atoms with van der Waals surface area (Å²) in [4.78, 5) is 13.5. The fourth-order valence-electron chi connectivity index (χ4n) is 1.38. The van der Waals surface area contributed by atoms with Crippen LogP contribution in [-0.2, 0) is 0 Å². The lowest BCUT2D eigenvalue weighted by molar-refractivity contribution is 0.837. The molecule has 0 saturated heterocycles. The van der Waals surface area contributed by atoms with Crippen molar-refractivity contribution in [3.8, 4) is 11.3 Å². The molecule has 0 bridgehead atoms. The number of nitrogens with zero attached hydrogens (tertiary/aromatic N) is 3. The summed E-state index contributed by atoms with van der Waals surface area (Å²) in [6, 6.07) is -0.0465. The van der Waals surface area contributed by atoms with E-state index in [1.54, 1.807) is 23.7 Å². The van der Waals surface area contributed by atoms with Gasteiger partial charge in [0, 0.05) is 31.0 Å². The number of anilines is 1. The molecule has 0 spiro atoms. The lowest BCUT2D eigenvalue weighted by atomic mass is 10.1. The highest BCUT2D eigenvalue weighted by Gasteiger charge is 2.15. The first-order valence-electron chi connectivity index (χ1n) is 4.91. The summed E-state index contributed by atoms with van der Waals surface area (Å²) in [7, 11) is 1.84. The van der Waals surface area contributed by atoms with Gasteiger partial charge in [-0.05, 0) is 6.92 Å². The first-order valence-corrected chi connectivity index (χ1v) is 5.73. The predicted molar refractivity (Wildman–Crippen MR) is 65.3 cm³/mol. The highest BCUT2D eigenvalue weighted by Crippen LogP contribution is 2.33. The third-order valence-electron chi connectivity index (χ3n) is 2.11. The molecule has 0 radical (unpaired) electrons. The van der Waals surface area contributed by atoms with Gasteiger partial charge in [0.25, 0.3) is 0 Å². The van der Waals surface area contributed by atoms with Gasteiger partial charge in [0.1, 0.15) is 6.33 Å². The first kappa shape index (κ1) is 11.0. The van der Waals surface area contributed by atoms with E-state index in [1.165, 1.54) is 6.33 Å². The molecule has 1 unspecified atom stereocenters. The molecule has 3 N–H and O–H groups in total. The quantitative estimate of drug-likeness (QED) is 0.846. The van der Waals surface area contributed by atoms with Gasteiger partial charge in [-0.1, -0.05) is 11.3 Å². The van der Waals surface area contributed by atoms with Gasteiger partial charge in [-0.2, -0.15) is 0 Å². The molecule has 0 aliphatic rings. The molecule has 2 heterocycles. The van der Waals surface area contributed by atoms with Crippen molar-refractivity contribution in [2.75, 3.05) is 12.4 Å². The average molecular weight is 235 g/mol. The van der Waals surface area contributed by atoms with Gasteiger partial charge in [0.15, 0.2) is 5.13 Å². The van der Waals surface area contributed by atoms with E-state index in [0.29, 0.717) is 0 Å². The maximum atomic E-state index is 5.92. The predicted octanol–water partition coefficient (Wildman–Crippen LogP) is 1.66. The van der Waals surface area contributed by atoms with Crippen LogP contribution in [0.5, 0.6) is 0 Å². The van der Waals surface area contributed by atoms with Crippen LogP contribution in [0.2, 0.25) is 0 Å². The van der Waals surface area contributed by atoms with Crippen molar-refractivity contribution in [1.29, 1.82) is 0 Å². The number of aromatic nitrogens is 3.